The molecule has 0 fully saturated rings. The van der Waals surface area contributed by atoms with Gasteiger partial charge in [0.2, 0.25) is 0 Å². The normalized spacial score (nSPS) is 10.3. The molecule has 0 radical (unpaired) electrons. The third kappa shape index (κ3) is 3.58. The molecule has 2 rings (SSSR count). The molecule has 1 aromatic carbocycles. The zero-order valence-corrected chi connectivity index (χ0v) is 12.4. The molecule has 0 unspecified atom stereocenters. The average molecular weight is 289 g/mol. The largest absolute Gasteiger partial charge is 0.322 e. The Kier molecular flexibility index (Phi) is 4.74. The highest BCUT2D eigenvalue weighted by atomic mass is 35.5. The summed E-state index contributed by atoms with van der Waals surface area (Å²) in [6.45, 7) is 3.93. The number of para-hydroxylation sites is 1. The van der Waals surface area contributed by atoms with Crippen LogP contribution in [-0.4, -0.2) is 10.9 Å². The van der Waals surface area contributed by atoms with Crippen LogP contribution in [0, 0.1) is 6.92 Å². The quantitative estimate of drug-likeness (QED) is 0.855. The number of nitrogens with one attached hydrogen (secondary N) is 1. The first-order valence-electron chi connectivity index (χ1n) is 6.63. The van der Waals surface area contributed by atoms with Gasteiger partial charge in [-0.2, -0.15) is 0 Å². The SMILES string of the molecule is CCCc1ccccc1NC(=O)c1cc(C)nc(Cl)c1. The van der Waals surface area contributed by atoms with Gasteiger partial charge in [0.1, 0.15) is 5.15 Å². The lowest BCUT2D eigenvalue weighted by atomic mass is 10.1. The van der Waals surface area contributed by atoms with Crippen LogP contribution in [0.4, 0.5) is 5.69 Å². The molecule has 1 amide bonds. The number of hydrogen-bond donors (Lipinski definition) is 1. The molecule has 0 spiro atoms. The summed E-state index contributed by atoms with van der Waals surface area (Å²) in [7, 11) is 0. The number of amides is 1. The first kappa shape index (κ1) is 14.5. The number of anilines is 1. The Morgan fingerprint density at radius 1 is 1.30 bits per heavy atom. The van der Waals surface area contributed by atoms with Crippen molar-refractivity contribution in [3.05, 3.63) is 58.4 Å². The maximum atomic E-state index is 12.3. The summed E-state index contributed by atoms with van der Waals surface area (Å²) in [5.41, 5.74) is 3.24. The Hall–Kier alpha value is -1.87. The fraction of sp³-hybridized carbons (Fsp3) is 0.250. The van der Waals surface area contributed by atoms with Crippen molar-refractivity contribution < 1.29 is 4.79 Å². The molecule has 0 atom stereocenters. The van der Waals surface area contributed by atoms with E-state index in [4.69, 9.17) is 11.6 Å². The summed E-state index contributed by atoms with van der Waals surface area (Å²) in [6.07, 6.45) is 1.97. The minimum atomic E-state index is -0.166. The Morgan fingerprint density at radius 3 is 2.75 bits per heavy atom. The van der Waals surface area contributed by atoms with E-state index in [2.05, 4.69) is 17.2 Å². The van der Waals surface area contributed by atoms with Crippen LogP contribution in [0.15, 0.2) is 36.4 Å². The topological polar surface area (TPSA) is 42.0 Å². The van der Waals surface area contributed by atoms with E-state index in [0.717, 1.165) is 29.8 Å². The number of carbonyl (C=O) groups excluding carboxylic acids is 1. The van der Waals surface area contributed by atoms with Crippen molar-refractivity contribution in [3.63, 3.8) is 0 Å². The molecular weight excluding hydrogens is 272 g/mol. The standard InChI is InChI=1S/C16H17ClN2O/c1-3-6-12-7-4-5-8-14(12)19-16(20)13-9-11(2)18-15(17)10-13/h4-5,7-10H,3,6H2,1-2H3,(H,19,20). The average Bonchev–Trinajstić information content (AvgIpc) is 2.40. The summed E-state index contributed by atoms with van der Waals surface area (Å²) in [5.74, 6) is -0.166. The van der Waals surface area contributed by atoms with Crippen LogP contribution in [0.1, 0.15) is 35.0 Å². The van der Waals surface area contributed by atoms with Crippen molar-refractivity contribution in [2.45, 2.75) is 26.7 Å². The van der Waals surface area contributed by atoms with E-state index < -0.39 is 0 Å². The van der Waals surface area contributed by atoms with Gasteiger partial charge in [0.05, 0.1) is 0 Å². The molecule has 0 aliphatic rings. The Balaban J connectivity index is 2.23. The zero-order valence-electron chi connectivity index (χ0n) is 11.6. The van der Waals surface area contributed by atoms with E-state index in [1.54, 1.807) is 12.1 Å². The minimum Gasteiger partial charge on any atom is -0.322 e. The van der Waals surface area contributed by atoms with Gasteiger partial charge in [-0.05, 0) is 37.1 Å². The van der Waals surface area contributed by atoms with Crippen molar-refractivity contribution in [1.82, 2.24) is 4.98 Å². The number of aryl methyl sites for hydroxylation is 2. The fourth-order valence-electron chi connectivity index (χ4n) is 2.08. The molecule has 0 bridgehead atoms. The van der Waals surface area contributed by atoms with Gasteiger partial charge in [-0.25, -0.2) is 4.98 Å². The summed E-state index contributed by atoms with van der Waals surface area (Å²) in [5, 5.41) is 3.27. The van der Waals surface area contributed by atoms with E-state index in [-0.39, 0.29) is 5.91 Å². The summed E-state index contributed by atoms with van der Waals surface area (Å²) >= 11 is 5.89. The lowest BCUT2D eigenvalue weighted by molar-refractivity contribution is 0.102. The predicted molar refractivity (Wildman–Crippen MR) is 82.4 cm³/mol. The molecule has 0 aliphatic heterocycles. The maximum absolute atomic E-state index is 12.3. The number of benzene rings is 1. The van der Waals surface area contributed by atoms with Crippen molar-refractivity contribution in [2.75, 3.05) is 5.32 Å². The highest BCUT2D eigenvalue weighted by Crippen LogP contribution is 2.19. The van der Waals surface area contributed by atoms with Crippen molar-refractivity contribution in [3.8, 4) is 0 Å². The van der Waals surface area contributed by atoms with Crippen LogP contribution in [0.5, 0.6) is 0 Å². The second-order valence-electron chi connectivity index (χ2n) is 4.68. The van der Waals surface area contributed by atoms with E-state index in [1.807, 2.05) is 31.2 Å². The van der Waals surface area contributed by atoms with Crippen LogP contribution in [0.3, 0.4) is 0 Å². The molecule has 2 aromatic rings. The van der Waals surface area contributed by atoms with E-state index >= 15 is 0 Å². The molecule has 0 saturated heterocycles. The fourth-order valence-corrected chi connectivity index (χ4v) is 2.33. The molecule has 1 aromatic heterocycles. The van der Waals surface area contributed by atoms with Crippen LogP contribution in [0.2, 0.25) is 5.15 Å². The van der Waals surface area contributed by atoms with E-state index in [9.17, 15) is 4.79 Å². The molecule has 0 saturated carbocycles. The maximum Gasteiger partial charge on any atom is 0.255 e. The Morgan fingerprint density at radius 2 is 2.05 bits per heavy atom. The molecule has 1 N–H and O–H groups in total. The van der Waals surface area contributed by atoms with Crippen LogP contribution >= 0.6 is 11.6 Å². The molecule has 20 heavy (non-hydrogen) atoms. The van der Waals surface area contributed by atoms with Gasteiger partial charge in [-0.3, -0.25) is 4.79 Å². The highest BCUT2D eigenvalue weighted by Gasteiger charge is 2.10. The van der Waals surface area contributed by atoms with Gasteiger partial charge in [-0.1, -0.05) is 43.1 Å². The van der Waals surface area contributed by atoms with Crippen LogP contribution in [0.25, 0.3) is 0 Å². The molecule has 104 valence electrons. The predicted octanol–water partition coefficient (Wildman–Crippen LogP) is 4.25. The van der Waals surface area contributed by atoms with Crippen molar-refractivity contribution in [2.24, 2.45) is 0 Å². The summed E-state index contributed by atoms with van der Waals surface area (Å²) in [4.78, 5) is 16.3. The molecule has 3 nitrogen and oxygen atoms in total. The first-order chi connectivity index (χ1) is 9.60. The van der Waals surface area contributed by atoms with Crippen LogP contribution in [-0.2, 0) is 6.42 Å². The van der Waals surface area contributed by atoms with Gasteiger partial charge in [0.25, 0.3) is 5.91 Å². The molecule has 0 aliphatic carbocycles. The first-order valence-corrected chi connectivity index (χ1v) is 7.01. The molecule has 4 heteroatoms. The lowest BCUT2D eigenvalue weighted by Gasteiger charge is -2.10. The van der Waals surface area contributed by atoms with E-state index in [0.29, 0.717) is 10.7 Å². The van der Waals surface area contributed by atoms with Gasteiger partial charge >= 0.3 is 0 Å². The van der Waals surface area contributed by atoms with Gasteiger partial charge in [-0.15, -0.1) is 0 Å². The van der Waals surface area contributed by atoms with E-state index in [1.165, 1.54) is 0 Å². The van der Waals surface area contributed by atoms with Crippen LogP contribution < -0.4 is 5.32 Å². The number of carbonyl (C=O) groups is 1. The minimum absolute atomic E-state index is 0.166. The Bertz CT molecular complexity index is 605. The van der Waals surface area contributed by atoms with Crippen molar-refractivity contribution >= 4 is 23.2 Å². The Labute approximate surface area is 124 Å². The third-order valence-electron chi connectivity index (χ3n) is 2.97. The summed E-state index contributed by atoms with van der Waals surface area (Å²) < 4.78 is 0. The highest BCUT2D eigenvalue weighted by molar-refractivity contribution is 6.29. The van der Waals surface area contributed by atoms with Crippen molar-refractivity contribution in [1.29, 1.82) is 0 Å². The second-order valence-corrected chi connectivity index (χ2v) is 5.07. The number of rotatable bonds is 4. The number of aromatic nitrogens is 1. The van der Waals surface area contributed by atoms with Gasteiger partial charge in [0.15, 0.2) is 0 Å². The number of hydrogen-bond acceptors (Lipinski definition) is 2. The lowest BCUT2D eigenvalue weighted by Crippen LogP contribution is -2.13. The molecule has 1 heterocycles. The summed E-state index contributed by atoms with van der Waals surface area (Å²) in [6, 6.07) is 11.1. The second kappa shape index (κ2) is 6.53. The van der Waals surface area contributed by atoms with Gasteiger partial charge < -0.3 is 5.32 Å². The number of nitrogens with zero attached hydrogens (tertiary/aromatic N) is 1. The monoisotopic (exact) mass is 288 g/mol. The third-order valence-corrected chi connectivity index (χ3v) is 3.16. The van der Waals surface area contributed by atoms with Gasteiger partial charge in [0, 0.05) is 16.9 Å². The number of pyridine rings is 1. The smallest absolute Gasteiger partial charge is 0.255 e. The number of halogens is 1. The zero-order chi connectivity index (χ0) is 14.5. The molecular formula is C16H17ClN2O.